The largest absolute Gasteiger partial charge is 0.481 e. The number of aliphatic hydroxyl groups is 2. The Labute approximate surface area is 103 Å². The molecular formula is C11H11ClN2O3. The normalized spacial score (nSPS) is 12.7. The number of fused-ring (bicyclic) bond motifs is 1. The summed E-state index contributed by atoms with van der Waals surface area (Å²) in [5, 5.41) is 20.3. The van der Waals surface area contributed by atoms with Crippen molar-refractivity contribution in [1.82, 2.24) is 9.97 Å². The van der Waals surface area contributed by atoms with Gasteiger partial charge in [-0.3, -0.25) is 0 Å². The zero-order valence-electron chi connectivity index (χ0n) is 9.09. The highest BCUT2D eigenvalue weighted by Crippen LogP contribution is 2.30. The molecule has 5 nitrogen and oxygen atoms in total. The maximum atomic E-state index is 9.69. The van der Waals surface area contributed by atoms with E-state index in [1.165, 1.54) is 19.5 Å². The number of nitrogens with zero attached hydrogens (tertiary/aromatic N) is 2. The molecule has 0 radical (unpaired) electrons. The Hall–Kier alpha value is -1.43. The number of aromatic nitrogens is 2. The molecule has 17 heavy (non-hydrogen) atoms. The second-order valence-corrected chi connectivity index (χ2v) is 3.86. The Morgan fingerprint density at radius 1 is 1.35 bits per heavy atom. The molecule has 2 N–H and O–H groups in total. The second kappa shape index (κ2) is 4.83. The van der Waals surface area contributed by atoms with Gasteiger partial charge in [0.15, 0.2) is 0 Å². The minimum atomic E-state index is -1.01. The molecule has 0 aromatic carbocycles. The molecule has 0 aliphatic rings. The van der Waals surface area contributed by atoms with Crippen molar-refractivity contribution in [2.75, 3.05) is 13.7 Å². The van der Waals surface area contributed by atoms with Gasteiger partial charge in [-0.1, -0.05) is 11.6 Å². The number of aliphatic hydroxyl groups excluding tert-OH is 2. The number of pyridine rings is 2. The Bertz CT molecular complexity index is 547. The van der Waals surface area contributed by atoms with Gasteiger partial charge in [0.05, 0.1) is 19.1 Å². The molecule has 1 atom stereocenters. The molecule has 0 fully saturated rings. The van der Waals surface area contributed by atoms with E-state index in [0.29, 0.717) is 27.4 Å². The summed E-state index contributed by atoms with van der Waals surface area (Å²) in [6, 6.07) is 1.61. The summed E-state index contributed by atoms with van der Waals surface area (Å²) in [6.45, 7) is -0.386. The zero-order chi connectivity index (χ0) is 12.4. The summed E-state index contributed by atoms with van der Waals surface area (Å²) >= 11 is 5.82. The van der Waals surface area contributed by atoms with Gasteiger partial charge in [0.1, 0.15) is 11.3 Å². The van der Waals surface area contributed by atoms with Crippen LogP contribution in [0.25, 0.3) is 10.8 Å². The first kappa shape index (κ1) is 12.0. The third-order valence-corrected chi connectivity index (χ3v) is 2.66. The fraction of sp³-hybridized carbons (Fsp3) is 0.273. The second-order valence-electron chi connectivity index (χ2n) is 3.47. The van der Waals surface area contributed by atoms with Crippen LogP contribution < -0.4 is 4.74 Å². The summed E-state index contributed by atoms with van der Waals surface area (Å²) in [5.74, 6) is 0.401. The predicted molar refractivity (Wildman–Crippen MR) is 63.1 cm³/mol. The van der Waals surface area contributed by atoms with Crippen molar-refractivity contribution in [3.63, 3.8) is 0 Å². The molecule has 0 saturated carbocycles. The van der Waals surface area contributed by atoms with Crippen molar-refractivity contribution in [2.45, 2.75) is 6.10 Å². The lowest BCUT2D eigenvalue weighted by atomic mass is 10.1. The van der Waals surface area contributed by atoms with Crippen molar-refractivity contribution >= 4 is 22.4 Å². The first-order valence-corrected chi connectivity index (χ1v) is 5.32. The molecule has 0 saturated heterocycles. The van der Waals surface area contributed by atoms with Crippen LogP contribution in [0.1, 0.15) is 11.7 Å². The fourth-order valence-electron chi connectivity index (χ4n) is 1.63. The van der Waals surface area contributed by atoms with Crippen LogP contribution in [0.15, 0.2) is 18.5 Å². The van der Waals surface area contributed by atoms with Crippen molar-refractivity contribution in [1.29, 1.82) is 0 Å². The third-order valence-electron chi connectivity index (χ3n) is 2.46. The van der Waals surface area contributed by atoms with Gasteiger partial charge in [-0.15, -0.1) is 0 Å². The number of ether oxygens (including phenoxy) is 1. The van der Waals surface area contributed by atoms with E-state index in [4.69, 9.17) is 21.4 Å². The van der Waals surface area contributed by atoms with Crippen LogP contribution in [0.3, 0.4) is 0 Å². The van der Waals surface area contributed by atoms with E-state index in [1.807, 2.05) is 0 Å². The standard InChI is InChI=1S/C11H11ClN2O3/c1-17-11-8-4-13-10(12)2-6(8)7(3-14-11)9(16)5-15/h2-4,9,15-16H,5H2,1H3. The lowest BCUT2D eigenvalue weighted by Gasteiger charge is -2.12. The topological polar surface area (TPSA) is 75.5 Å². The molecule has 0 spiro atoms. The van der Waals surface area contributed by atoms with E-state index in [-0.39, 0.29) is 6.61 Å². The molecule has 6 heteroatoms. The molecule has 2 rings (SSSR count). The lowest BCUT2D eigenvalue weighted by molar-refractivity contribution is 0.0964. The lowest BCUT2D eigenvalue weighted by Crippen LogP contribution is -2.05. The number of rotatable bonds is 3. The SMILES string of the molecule is COc1ncc(C(O)CO)c2cc(Cl)ncc12. The van der Waals surface area contributed by atoms with Crippen LogP contribution in [0.2, 0.25) is 5.15 Å². The van der Waals surface area contributed by atoms with Gasteiger partial charge in [-0.05, 0) is 11.5 Å². The van der Waals surface area contributed by atoms with Crippen LogP contribution in [0.4, 0.5) is 0 Å². The number of methoxy groups -OCH3 is 1. The van der Waals surface area contributed by atoms with Crippen LogP contribution in [0, 0.1) is 0 Å². The zero-order valence-corrected chi connectivity index (χ0v) is 9.85. The number of halogens is 1. The summed E-state index contributed by atoms with van der Waals surface area (Å²) in [5.41, 5.74) is 0.493. The molecule has 2 aromatic heterocycles. The highest BCUT2D eigenvalue weighted by Gasteiger charge is 2.14. The third kappa shape index (κ3) is 2.17. The summed E-state index contributed by atoms with van der Waals surface area (Å²) in [4.78, 5) is 7.99. The summed E-state index contributed by atoms with van der Waals surface area (Å²) in [6.07, 6.45) is 1.98. The highest BCUT2D eigenvalue weighted by molar-refractivity contribution is 6.30. The molecule has 0 aliphatic carbocycles. The predicted octanol–water partition coefficient (Wildman–Crippen LogP) is 1.32. The molecule has 0 amide bonds. The molecule has 0 aliphatic heterocycles. The smallest absolute Gasteiger partial charge is 0.222 e. The minimum Gasteiger partial charge on any atom is -0.481 e. The molecular weight excluding hydrogens is 244 g/mol. The summed E-state index contributed by atoms with van der Waals surface area (Å²) < 4.78 is 5.10. The maximum Gasteiger partial charge on any atom is 0.222 e. The van der Waals surface area contributed by atoms with Crippen molar-refractivity contribution in [2.24, 2.45) is 0 Å². The van der Waals surface area contributed by atoms with Gasteiger partial charge in [0.25, 0.3) is 0 Å². The van der Waals surface area contributed by atoms with Crippen molar-refractivity contribution < 1.29 is 14.9 Å². The number of hydrogen-bond donors (Lipinski definition) is 2. The van der Waals surface area contributed by atoms with Gasteiger partial charge >= 0.3 is 0 Å². The molecule has 0 bridgehead atoms. The Kier molecular flexibility index (Phi) is 3.42. The monoisotopic (exact) mass is 254 g/mol. The average molecular weight is 255 g/mol. The maximum absolute atomic E-state index is 9.69. The van der Waals surface area contributed by atoms with Crippen molar-refractivity contribution in [3.8, 4) is 5.88 Å². The van der Waals surface area contributed by atoms with Gasteiger partial charge in [-0.25, -0.2) is 9.97 Å². The van der Waals surface area contributed by atoms with E-state index in [2.05, 4.69) is 9.97 Å². The van der Waals surface area contributed by atoms with Crippen LogP contribution in [-0.4, -0.2) is 33.9 Å². The summed E-state index contributed by atoms with van der Waals surface area (Å²) in [7, 11) is 1.50. The van der Waals surface area contributed by atoms with Gasteiger partial charge in [0.2, 0.25) is 5.88 Å². The van der Waals surface area contributed by atoms with E-state index >= 15 is 0 Å². The minimum absolute atomic E-state index is 0.303. The average Bonchev–Trinajstić information content (AvgIpc) is 2.36. The van der Waals surface area contributed by atoms with Crippen LogP contribution >= 0.6 is 11.6 Å². The Morgan fingerprint density at radius 2 is 2.12 bits per heavy atom. The van der Waals surface area contributed by atoms with E-state index in [1.54, 1.807) is 6.07 Å². The van der Waals surface area contributed by atoms with E-state index < -0.39 is 6.10 Å². The highest BCUT2D eigenvalue weighted by atomic mass is 35.5. The molecule has 90 valence electrons. The van der Waals surface area contributed by atoms with Crippen molar-refractivity contribution in [3.05, 3.63) is 29.2 Å². The van der Waals surface area contributed by atoms with Gasteiger partial charge < -0.3 is 14.9 Å². The Morgan fingerprint density at radius 3 is 2.76 bits per heavy atom. The first-order valence-electron chi connectivity index (χ1n) is 4.94. The molecule has 2 aromatic rings. The number of hydrogen-bond acceptors (Lipinski definition) is 5. The van der Waals surface area contributed by atoms with Gasteiger partial charge in [0, 0.05) is 18.0 Å². The van der Waals surface area contributed by atoms with Crippen LogP contribution in [-0.2, 0) is 0 Å². The van der Waals surface area contributed by atoms with Crippen LogP contribution in [0.5, 0.6) is 5.88 Å². The fourth-order valence-corrected chi connectivity index (χ4v) is 1.79. The quantitative estimate of drug-likeness (QED) is 0.808. The Balaban J connectivity index is 2.74. The molecule has 2 heterocycles. The van der Waals surface area contributed by atoms with E-state index in [9.17, 15) is 5.11 Å². The van der Waals surface area contributed by atoms with E-state index in [0.717, 1.165) is 0 Å². The molecule has 1 unspecified atom stereocenters. The first-order chi connectivity index (χ1) is 8.17. The van der Waals surface area contributed by atoms with Gasteiger partial charge in [-0.2, -0.15) is 0 Å².